The third kappa shape index (κ3) is 2.00. The second kappa shape index (κ2) is 3.77. The van der Waals surface area contributed by atoms with Gasteiger partial charge in [0.15, 0.2) is 0 Å². The fraction of sp³-hybridized carbons (Fsp3) is 0.545. The number of pyridine rings is 1. The molecular weight excluding hydrogens is 162 g/mol. The molecule has 0 saturated heterocycles. The van der Waals surface area contributed by atoms with Crippen LogP contribution in [0.5, 0.6) is 0 Å². The predicted molar refractivity (Wildman–Crippen MR) is 55.2 cm³/mol. The first-order valence-corrected chi connectivity index (χ1v) is 4.77. The molecule has 0 bridgehead atoms. The quantitative estimate of drug-likeness (QED) is 0.682. The van der Waals surface area contributed by atoms with E-state index in [4.69, 9.17) is 0 Å². The average Bonchev–Trinajstić information content (AvgIpc) is 2.08. The third-order valence-electron chi connectivity index (χ3n) is 2.21. The van der Waals surface area contributed by atoms with E-state index in [-0.39, 0.29) is 5.56 Å². The van der Waals surface area contributed by atoms with Crippen LogP contribution in [0.15, 0.2) is 17.1 Å². The molecule has 1 rings (SSSR count). The molecule has 0 radical (unpaired) electrons. The van der Waals surface area contributed by atoms with E-state index in [0.717, 1.165) is 17.7 Å². The van der Waals surface area contributed by atoms with Crippen molar-refractivity contribution in [2.45, 2.75) is 40.2 Å². The van der Waals surface area contributed by atoms with E-state index in [9.17, 15) is 4.79 Å². The van der Waals surface area contributed by atoms with Gasteiger partial charge in [0.1, 0.15) is 0 Å². The lowest BCUT2D eigenvalue weighted by Gasteiger charge is -2.09. The predicted octanol–water partition coefficient (Wildman–Crippen LogP) is 2.30. The van der Waals surface area contributed by atoms with Crippen molar-refractivity contribution >= 4 is 0 Å². The molecule has 2 nitrogen and oxygen atoms in total. The number of aryl methyl sites for hydroxylation is 2. The minimum atomic E-state index is 0.156. The maximum absolute atomic E-state index is 11.8. The Morgan fingerprint density at radius 2 is 2.08 bits per heavy atom. The van der Waals surface area contributed by atoms with Crippen LogP contribution in [0.25, 0.3) is 0 Å². The van der Waals surface area contributed by atoms with Crippen LogP contribution in [-0.4, -0.2) is 4.57 Å². The van der Waals surface area contributed by atoms with Gasteiger partial charge in [-0.1, -0.05) is 13.8 Å². The molecule has 1 aromatic rings. The molecule has 0 spiro atoms. The summed E-state index contributed by atoms with van der Waals surface area (Å²) >= 11 is 0. The summed E-state index contributed by atoms with van der Waals surface area (Å²) in [4.78, 5) is 11.8. The zero-order chi connectivity index (χ0) is 10.0. The van der Waals surface area contributed by atoms with Crippen molar-refractivity contribution < 1.29 is 0 Å². The molecule has 2 heteroatoms. The molecule has 0 aliphatic carbocycles. The zero-order valence-corrected chi connectivity index (χ0v) is 8.79. The normalized spacial score (nSPS) is 10.8. The maximum atomic E-state index is 11.8. The largest absolute Gasteiger partial charge is 0.315 e. The molecule has 0 aromatic carbocycles. The molecular formula is C11H17NO. The van der Waals surface area contributed by atoms with Crippen LogP contribution in [-0.2, 0) is 6.54 Å². The minimum absolute atomic E-state index is 0.156. The zero-order valence-electron chi connectivity index (χ0n) is 8.79. The summed E-state index contributed by atoms with van der Waals surface area (Å²) in [7, 11) is 0. The number of hydrogen-bond acceptors (Lipinski definition) is 1. The van der Waals surface area contributed by atoms with Crippen molar-refractivity contribution in [3.8, 4) is 0 Å². The van der Waals surface area contributed by atoms with Crippen molar-refractivity contribution in [1.82, 2.24) is 4.57 Å². The molecule has 0 aliphatic heterocycles. The third-order valence-corrected chi connectivity index (χ3v) is 2.21. The Bertz CT molecular complexity index is 350. The van der Waals surface area contributed by atoms with Crippen LogP contribution in [0.4, 0.5) is 0 Å². The van der Waals surface area contributed by atoms with E-state index in [1.807, 2.05) is 26.1 Å². The monoisotopic (exact) mass is 179 g/mol. The lowest BCUT2D eigenvalue weighted by Crippen LogP contribution is -2.23. The highest BCUT2D eigenvalue weighted by atomic mass is 16.1. The molecule has 0 amide bonds. The second-order valence-corrected chi connectivity index (χ2v) is 3.72. The topological polar surface area (TPSA) is 22.0 Å². The smallest absolute Gasteiger partial charge is 0.253 e. The Kier molecular flexibility index (Phi) is 2.91. The van der Waals surface area contributed by atoms with Crippen LogP contribution >= 0.6 is 0 Å². The first kappa shape index (κ1) is 10.0. The van der Waals surface area contributed by atoms with Crippen LogP contribution in [0.3, 0.4) is 0 Å². The van der Waals surface area contributed by atoms with Gasteiger partial charge in [-0.15, -0.1) is 0 Å². The number of rotatable bonds is 2. The summed E-state index contributed by atoms with van der Waals surface area (Å²) in [6.07, 6.45) is 1.91. The van der Waals surface area contributed by atoms with Gasteiger partial charge in [0, 0.05) is 18.3 Å². The van der Waals surface area contributed by atoms with Gasteiger partial charge in [0.05, 0.1) is 0 Å². The van der Waals surface area contributed by atoms with Crippen LogP contribution in [0.2, 0.25) is 0 Å². The number of aromatic nitrogens is 1. The van der Waals surface area contributed by atoms with Gasteiger partial charge in [-0.25, -0.2) is 0 Å². The molecule has 0 atom stereocenters. The molecule has 0 saturated carbocycles. The number of nitrogens with zero attached hydrogens (tertiary/aromatic N) is 1. The molecule has 0 N–H and O–H groups in total. The second-order valence-electron chi connectivity index (χ2n) is 3.72. The standard InChI is InChI=1S/C11H17NO/c1-5-12-7-9(4)6-10(8(2)3)11(12)13/h6-8H,5H2,1-4H3. The van der Waals surface area contributed by atoms with Crippen LogP contribution in [0, 0.1) is 6.92 Å². The SMILES string of the molecule is CCn1cc(C)cc(C(C)C)c1=O. The van der Waals surface area contributed by atoms with E-state index < -0.39 is 0 Å². The highest BCUT2D eigenvalue weighted by Gasteiger charge is 2.07. The Labute approximate surface area is 79.2 Å². The molecule has 0 unspecified atom stereocenters. The fourth-order valence-corrected chi connectivity index (χ4v) is 1.46. The molecule has 0 fully saturated rings. The van der Waals surface area contributed by atoms with E-state index in [0.29, 0.717) is 5.92 Å². The van der Waals surface area contributed by atoms with Gasteiger partial charge in [-0.05, 0) is 31.4 Å². The minimum Gasteiger partial charge on any atom is -0.315 e. The Morgan fingerprint density at radius 3 is 2.54 bits per heavy atom. The summed E-state index contributed by atoms with van der Waals surface area (Å²) in [5.41, 5.74) is 2.23. The van der Waals surface area contributed by atoms with E-state index in [1.54, 1.807) is 4.57 Å². The Balaban J connectivity index is 3.36. The van der Waals surface area contributed by atoms with Crippen molar-refractivity contribution in [2.75, 3.05) is 0 Å². The van der Waals surface area contributed by atoms with Gasteiger partial charge in [0.2, 0.25) is 0 Å². The van der Waals surface area contributed by atoms with Crippen LogP contribution < -0.4 is 5.56 Å². The van der Waals surface area contributed by atoms with Gasteiger partial charge in [-0.2, -0.15) is 0 Å². The molecule has 1 aromatic heterocycles. The highest BCUT2D eigenvalue weighted by molar-refractivity contribution is 5.20. The lowest BCUT2D eigenvalue weighted by molar-refractivity contribution is 0.695. The summed E-state index contributed by atoms with van der Waals surface area (Å²) in [5.74, 6) is 0.310. The Morgan fingerprint density at radius 1 is 1.46 bits per heavy atom. The molecule has 0 aliphatic rings. The fourth-order valence-electron chi connectivity index (χ4n) is 1.46. The van der Waals surface area contributed by atoms with Gasteiger partial charge >= 0.3 is 0 Å². The molecule has 13 heavy (non-hydrogen) atoms. The summed E-state index contributed by atoms with van der Waals surface area (Å²) in [6.45, 7) is 8.87. The summed E-state index contributed by atoms with van der Waals surface area (Å²) in [6, 6.07) is 1.99. The van der Waals surface area contributed by atoms with Crippen molar-refractivity contribution in [2.24, 2.45) is 0 Å². The van der Waals surface area contributed by atoms with E-state index >= 15 is 0 Å². The molecule has 1 heterocycles. The highest BCUT2D eigenvalue weighted by Crippen LogP contribution is 2.10. The maximum Gasteiger partial charge on any atom is 0.253 e. The van der Waals surface area contributed by atoms with Gasteiger partial charge < -0.3 is 4.57 Å². The average molecular weight is 179 g/mol. The Hall–Kier alpha value is -1.05. The summed E-state index contributed by atoms with van der Waals surface area (Å²) in [5, 5.41) is 0. The van der Waals surface area contributed by atoms with Crippen molar-refractivity contribution in [3.63, 3.8) is 0 Å². The van der Waals surface area contributed by atoms with E-state index in [2.05, 4.69) is 13.8 Å². The van der Waals surface area contributed by atoms with Crippen molar-refractivity contribution in [1.29, 1.82) is 0 Å². The van der Waals surface area contributed by atoms with E-state index in [1.165, 1.54) is 0 Å². The first-order valence-electron chi connectivity index (χ1n) is 4.77. The molecule has 72 valence electrons. The van der Waals surface area contributed by atoms with Gasteiger partial charge in [0.25, 0.3) is 5.56 Å². The lowest BCUT2D eigenvalue weighted by atomic mass is 10.0. The summed E-state index contributed by atoms with van der Waals surface area (Å²) < 4.78 is 1.77. The van der Waals surface area contributed by atoms with Crippen molar-refractivity contribution in [3.05, 3.63) is 33.7 Å². The van der Waals surface area contributed by atoms with Gasteiger partial charge in [-0.3, -0.25) is 4.79 Å². The number of hydrogen-bond donors (Lipinski definition) is 0. The first-order chi connectivity index (χ1) is 6.06. The van der Waals surface area contributed by atoms with Crippen LogP contribution in [0.1, 0.15) is 37.8 Å².